The van der Waals surface area contributed by atoms with Gasteiger partial charge in [0.1, 0.15) is 6.61 Å². The van der Waals surface area contributed by atoms with E-state index in [1.54, 1.807) is 0 Å². The first kappa shape index (κ1) is 71.2. The van der Waals surface area contributed by atoms with Crippen LogP contribution in [0.15, 0.2) is 134 Å². The maximum absolute atomic E-state index is 12.7. The van der Waals surface area contributed by atoms with Gasteiger partial charge in [0.15, 0.2) is 6.10 Å². The van der Waals surface area contributed by atoms with Crippen molar-refractivity contribution in [1.29, 1.82) is 0 Å². The molecule has 0 aliphatic carbocycles. The van der Waals surface area contributed by atoms with E-state index in [9.17, 15) is 19.0 Å². The van der Waals surface area contributed by atoms with Crippen molar-refractivity contribution in [3.05, 3.63) is 134 Å². The molecular formula is C65H108NO8P. The lowest BCUT2D eigenvalue weighted by Crippen LogP contribution is -2.29. The largest absolute Gasteiger partial charge is 0.472 e. The third kappa shape index (κ3) is 59.3. The summed E-state index contributed by atoms with van der Waals surface area (Å²) in [4.78, 5) is 35.2. The van der Waals surface area contributed by atoms with Gasteiger partial charge in [0.2, 0.25) is 0 Å². The number of allylic oxidation sites excluding steroid dienone is 22. The number of phosphoric ester groups is 1. The highest BCUT2D eigenvalue weighted by molar-refractivity contribution is 7.47. The second-order valence-electron chi connectivity index (χ2n) is 19.1. The molecule has 3 N–H and O–H groups in total. The van der Waals surface area contributed by atoms with Crippen molar-refractivity contribution in [3.63, 3.8) is 0 Å². The van der Waals surface area contributed by atoms with E-state index < -0.39 is 32.5 Å². The summed E-state index contributed by atoms with van der Waals surface area (Å²) in [6, 6.07) is 0. The van der Waals surface area contributed by atoms with E-state index in [0.29, 0.717) is 6.42 Å². The average molecular weight is 1060 g/mol. The predicted octanol–water partition coefficient (Wildman–Crippen LogP) is 19.0. The Bertz CT molecular complexity index is 1680. The summed E-state index contributed by atoms with van der Waals surface area (Å²) in [6.07, 6.45) is 83.6. The minimum Gasteiger partial charge on any atom is -0.462 e. The van der Waals surface area contributed by atoms with Crippen molar-refractivity contribution in [2.24, 2.45) is 5.73 Å². The molecule has 0 saturated heterocycles. The van der Waals surface area contributed by atoms with Gasteiger partial charge in [0.25, 0.3) is 0 Å². The first-order chi connectivity index (χ1) is 36.8. The van der Waals surface area contributed by atoms with Gasteiger partial charge < -0.3 is 20.1 Å². The van der Waals surface area contributed by atoms with Crippen LogP contribution in [0.5, 0.6) is 0 Å². The van der Waals surface area contributed by atoms with Crippen molar-refractivity contribution >= 4 is 19.8 Å². The lowest BCUT2D eigenvalue weighted by Gasteiger charge is -2.19. The van der Waals surface area contributed by atoms with Gasteiger partial charge in [-0.1, -0.05) is 237 Å². The van der Waals surface area contributed by atoms with E-state index in [1.807, 2.05) is 0 Å². The first-order valence-electron chi connectivity index (χ1n) is 29.7. The predicted molar refractivity (Wildman–Crippen MR) is 320 cm³/mol. The fourth-order valence-corrected chi connectivity index (χ4v) is 8.42. The van der Waals surface area contributed by atoms with Gasteiger partial charge in [0.05, 0.1) is 13.2 Å². The summed E-state index contributed by atoms with van der Waals surface area (Å²) in [7, 11) is -4.40. The number of phosphoric acid groups is 1. The minimum atomic E-state index is -4.40. The molecule has 75 heavy (non-hydrogen) atoms. The zero-order valence-corrected chi connectivity index (χ0v) is 48.4. The third-order valence-electron chi connectivity index (χ3n) is 12.0. The molecule has 0 aromatic heterocycles. The van der Waals surface area contributed by atoms with E-state index in [4.69, 9.17) is 24.3 Å². The number of hydrogen-bond acceptors (Lipinski definition) is 8. The molecule has 426 valence electrons. The van der Waals surface area contributed by atoms with Crippen LogP contribution in [0.2, 0.25) is 0 Å². The molecular weight excluding hydrogens is 954 g/mol. The Morgan fingerprint density at radius 1 is 0.413 bits per heavy atom. The Morgan fingerprint density at radius 3 is 1.11 bits per heavy atom. The van der Waals surface area contributed by atoms with Crippen molar-refractivity contribution in [2.45, 2.75) is 238 Å². The fraction of sp³-hybridized carbons (Fsp3) is 0.631. The van der Waals surface area contributed by atoms with Crippen molar-refractivity contribution in [3.8, 4) is 0 Å². The quantitative estimate of drug-likeness (QED) is 0.0264. The first-order valence-corrected chi connectivity index (χ1v) is 31.2. The van der Waals surface area contributed by atoms with Crippen molar-refractivity contribution in [2.75, 3.05) is 26.4 Å². The molecule has 0 aliphatic rings. The second kappa shape index (κ2) is 59.4. The van der Waals surface area contributed by atoms with Gasteiger partial charge in [-0.3, -0.25) is 18.6 Å². The molecule has 0 aromatic carbocycles. The molecule has 0 fully saturated rings. The smallest absolute Gasteiger partial charge is 0.462 e. The Kier molecular flexibility index (Phi) is 56.3. The van der Waals surface area contributed by atoms with Crippen LogP contribution in [0, 0.1) is 0 Å². The maximum Gasteiger partial charge on any atom is 0.472 e. The van der Waals surface area contributed by atoms with Gasteiger partial charge in [-0.2, -0.15) is 0 Å². The van der Waals surface area contributed by atoms with E-state index in [2.05, 4.69) is 148 Å². The fourth-order valence-electron chi connectivity index (χ4n) is 7.66. The summed E-state index contributed by atoms with van der Waals surface area (Å²) < 4.78 is 33.0. The second-order valence-corrected chi connectivity index (χ2v) is 20.6. The molecule has 0 spiro atoms. The molecule has 0 amide bonds. The molecule has 9 nitrogen and oxygen atoms in total. The number of unbranched alkanes of at least 4 members (excludes halogenated alkanes) is 19. The number of carbonyl (C=O) groups excluding carboxylic acids is 2. The number of ether oxygens (including phenoxy) is 2. The average Bonchev–Trinajstić information content (AvgIpc) is 3.40. The number of rotatable bonds is 54. The van der Waals surface area contributed by atoms with E-state index in [0.717, 1.165) is 135 Å². The molecule has 10 heteroatoms. The molecule has 0 rings (SSSR count). The van der Waals surface area contributed by atoms with Crippen molar-refractivity contribution in [1.82, 2.24) is 0 Å². The Morgan fingerprint density at radius 2 is 0.733 bits per heavy atom. The van der Waals surface area contributed by atoms with Gasteiger partial charge in [-0.15, -0.1) is 0 Å². The van der Waals surface area contributed by atoms with Gasteiger partial charge in [0, 0.05) is 19.4 Å². The van der Waals surface area contributed by atoms with Crippen LogP contribution < -0.4 is 5.73 Å². The van der Waals surface area contributed by atoms with Gasteiger partial charge in [-0.25, -0.2) is 4.57 Å². The number of hydrogen-bond donors (Lipinski definition) is 2. The van der Waals surface area contributed by atoms with Crippen LogP contribution in [-0.2, 0) is 32.7 Å². The summed E-state index contributed by atoms with van der Waals surface area (Å²) in [6.45, 7) is 3.59. The number of carbonyl (C=O) groups is 2. The number of esters is 2. The van der Waals surface area contributed by atoms with Crippen LogP contribution in [0.4, 0.5) is 0 Å². The monoisotopic (exact) mass is 1060 g/mol. The molecule has 0 saturated carbocycles. The third-order valence-corrected chi connectivity index (χ3v) is 13.0. The highest BCUT2D eigenvalue weighted by Crippen LogP contribution is 2.43. The number of nitrogens with two attached hydrogens (primary N) is 1. The van der Waals surface area contributed by atoms with Crippen LogP contribution in [-0.4, -0.2) is 49.3 Å². The summed E-state index contributed by atoms with van der Waals surface area (Å²) in [5.41, 5.74) is 5.38. The Balaban J connectivity index is 4.05. The molecule has 2 atom stereocenters. The SMILES string of the molecule is CC/C=C\C/C=C\C/C=C\C/C=C\C/C=C\C/C=C\C/C=C\C/C=C\C/C=C\C/C=C\CCCCCCCCC(=O)OC(COC(=O)CCCCCCCCC/C=C\CCCCCCCC)COP(=O)(O)OCCN. The maximum atomic E-state index is 12.7. The van der Waals surface area contributed by atoms with Crippen LogP contribution in [0.25, 0.3) is 0 Å². The lowest BCUT2D eigenvalue weighted by atomic mass is 10.1. The molecule has 0 bridgehead atoms. The molecule has 0 aliphatic heterocycles. The van der Waals surface area contributed by atoms with Crippen LogP contribution >= 0.6 is 7.82 Å². The highest BCUT2D eigenvalue weighted by Gasteiger charge is 2.26. The highest BCUT2D eigenvalue weighted by atomic mass is 31.2. The summed E-state index contributed by atoms with van der Waals surface area (Å²) in [5, 5.41) is 0. The Labute approximate surface area is 459 Å². The molecule has 0 aromatic rings. The lowest BCUT2D eigenvalue weighted by molar-refractivity contribution is -0.161. The molecule has 0 radical (unpaired) electrons. The summed E-state index contributed by atoms with van der Waals surface area (Å²) in [5.74, 6) is -0.856. The molecule has 2 unspecified atom stereocenters. The van der Waals surface area contributed by atoms with E-state index >= 15 is 0 Å². The van der Waals surface area contributed by atoms with Gasteiger partial charge >= 0.3 is 19.8 Å². The molecule has 0 heterocycles. The standard InChI is InChI=1S/C65H108NO8P/c1-3-5-7-9-11-13-15-17-19-21-22-23-24-25-26-27-28-29-30-31-32-33-34-35-36-37-38-39-40-42-44-46-48-50-52-54-56-58-65(68)74-63(62-73-75(69,70)72-60-59-66)61-71-64(67)57-55-53-51-49-47-45-43-41-20-18-16-14-12-10-8-6-4-2/h5,7,11,13,17-20,22-23,25-26,28-29,31-32,34-35,37-38,40,42,63H,3-4,6,8-10,12,14-16,21,24,27,30,33,36,39,41,43-62,66H2,1-2H3,(H,69,70)/b7-5-,13-11-,19-17-,20-18-,23-22-,26-25-,29-28-,32-31-,35-34-,38-37-,42-40-. The minimum absolute atomic E-state index is 0.0438. The Hall–Kier alpha value is -3.85. The van der Waals surface area contributed by atoms with E-state index in [1.165, 1.54) is 64.2 Å². The van der Waals surface area contributed by atoms with E-state index in [-0.39, 0.29) is 32.6 Å². The normalized spacial score (nSPS) is 14.0. The van der Waals surface area contributed by atoms with Gasteiger partial charge in [-0.05, 0) is 116 Å². The summed E-state index contributed by atoms with van der Waals surface area (Å²) >= 11 is 0. The zero-order valence-electron chi connectivity index (χ0n) is 47.5. The zero-order chi connectivity index (χ0) is 54.5. The van der Waals surface area contributed by atoms with Crippen LogP contribution in [0.3, 0.4) is 0 Å². The van der Waals surface area contributed by atoms with Crippen molar-refractivity contribution < 1.29 is 37.6 Å². The topological polar surface area (TPSA) is 134 Å². The van der Waals surface area contributed by atoms with Crippen LogP contribution in [0.1, 0.15) is 232 Å².